The van der Waals surface area contributed by atoms with Crippen LogP contribution in [0.25, 0.3) is 10.9 Å². The van der Waals surface area contributed by atoms with Crippen molar-refractivity contribution in [3.05, 3.63) is 79.9 Å². The van der Waals surface area contributed by atoms with Crippen molar-refractivity contribution in [2.45, 2.75) is 58.5 Å². The third-order valence-corrected chi connectivity index (χ3v) is 8.73. The van der Waals surface area contributed by atoms with E-state index in [2.05, 4.69) is 69.3 Å². The summed E-state index contributed by atoms with van der Waals surface area (Å²) >= 11 is 6.33. The Bertz CT molecular complexity index is 1530. The number of hydrogen-bond acceptors (Lipinski definition) is 6. The van der Waals surface area contributed by atoms with Crippen molar-refractivity contribution >= 4 is 28.2 Å². The molecular weight excluding hydrogens is 498 g/mol. The molecule has 1 unspecified atom stereocenters. The Labute approximate surface area is 227 Å². The second-order valence-electron chi connectivity index (χ2n) is 10.8. The molecule has 0 bridgehead atoms. The highest BCUT2D eigenvalue weighted by atomic mass is 35.5. The van der Waals surface area contributed by atoms with Gasteiger partial charge in [0.1, 0.15) is 6.04 Å². The molecule has 1 aliphatic carbocycles. The number of nitrogens with zero attached hydrogens (tertiary/aromatic N) is 6. The number of pyridine rings is 1. The molecular formula is C29H34ClN7O. The van der Waals surface area contributed by atoms with Crippen molar-refractivity contribution in [3.8, 4) is 0 Å². The first-order valence-electron chi connectivity index (χ1n) is 13.6. The molecule has 2 aromatic heterocycles. The number of piperazine rings is 1. The monoisotopic (exact) mass is 531 g/mol. The predicted molar refractivity (Wildman–Crippen MR) is 151 cm³/mol. The number of nitrogens with one attached hydrogen (secondary N) is 1. The smallest absolute Gasteiger partial charge is 0.253 e. The number of benzene rings is 2. The molecule has 1 saturated carbocycles. The molecule has 0 amide bonds. The highest BCUT2D eigenvalue weighted by molar-refractivity contribution is 6.30. The fraction of sp³-hybridized carbons (Fsp3) is 0.448. The van der Waals surface area contributed by atoms with Crippen LogP contribution >= 0.6 is 11.6 Å². The van der Waals surface area contributed by atoms with Gasteiger partial charge in [0, 0.05) is 42.5 Å². The summed E-state index contributed by atoms with van der Waals surface area (Å²) in [6.45, 7) is 9.45. The van der Waals surface area contributed by atoms with E-state index in [-0.39, 0.29) is 17.6 Å². The number of tetrazole rings is 1. The third kappa shape index (κ3) is 4.50. The predicted octanol–water partition coefficient (Wildman–Crippen LogP) is 5.12. The van der Waals surface area contributed by atoms with Crippen LogP contribution in [0.1, 0.15) is 65.8 Å². The first-order valence-corrected chi connectivity index (χ1v) is 13.9. The largest absolute Gasteiger partial charge is 0.369 e. The van der Waals surface area contributed by atoms with E-state index in [1.54, 1.807) is 0 Å². The van der Waals surface area contributed by atoms with Crippen LogP contribution in [0.3, 0.4) is 0 Å². The van der Waals surface area contributed by atoms with Gasteiger partial charge in [0.2, 0.25) is 0 Å². The summed E-state index contributed by atoms with van der Waals surface area (Å²) in [5.41, 5.74) is 6.15. The van der Waals surface area contributed by atoms with Gasteiger partial charge in [-0.2, -0.15) is 0 Å². The topological polar surface area (TPSA) is 82.9 Å². The van der Waals surface area contributed by atoms with Crippen LogP contribution in [0.15, 0.2) is 41.2 Å². The lowest BCUT2D eigenvalue weighted by Crippen LogP contribution is -2.49. The van der Waals surface area contributed by atoms with Gasteiger partial charge < -0.3 is 9.88 Å². The fourth-order valence-electron chi connectivity index (χ4n) is 6.18. The molecule has 2 aliphatic rings. The van der Waals surface area contributed by atoms with E-state index in [1.807, 2.05) is 22.9 Å². The second kappa shape index (κ2) is 10.2. The minimum Gasteiger partial charge on any atom is -0.369 e. The summed E-state index contributed by atoms with van der Waals surface area (Å²) in [6, 6.07) is 12.3. The summed E-state index contributed by atoms with van der Waals surface area (Å²) in [4.78, 5) is 21.6. The zero-order chi connectivity index (χ0) is 26.4. The standard InChI is InChI=1S/C29H34ClN7O/c1-18-8-10-21-16-24(29(38)31-26(21)20(18)3)27(28-32-33-34-37(28)23-6-4-5-7-23)36-14-12-35(13-15-36)25-17-22(30)11-9-19(25)2/h8-11,16-17,23,27H,4-7,12-15H2,1-3H3,(H,31,38). The van der Waals surface area contributed by atoms with Gasteiger partial charge in [-0.15, -0.1) is 5.10 Å². The summed E-state index contributed by atoms with van der Waals surface area (Å²) < 4.78 is 2.00. The van der Waals surface area contributed by atoms with Crippen molar-refractivity contribution in [1.29, 1.82) is 0 Å². The Hall–Kier alpha value is -3.23. The average molecular weight is 532 g/mol. The number of aromatic amines is 1. The zero-order valence-corrected chi connectivity index (χ0v) is 23.0. The molecule has 8 nitrogen and oxygen atoms in total. The number of hydrogen-bond donors (Lipinski definition) is 1. The van der Waals surface area contributed by atoms with Crippen LogP contribution in [0.5, 0.6) is 0 Å². The molecule has 2 aromatic carbocycles. The lowest BCUT2D eigenvalue weighted by Gasteiger charge is -2.40. The molecule has 1 aliphatic heterocycles. The molecule has 0 spiro atoms. The van der Waals surface area contributed by atoms with E-state index in [4.69, 9.17) is 11.6 Å². The van der Waals surface area contributed by atoms with E-state index in [0.29, 0.717) is 5.56 Å². The number of halogens is 1. The molecule has 198 valence electrons. The summed E-state index contributed by atoms with van der Waals surface area (Å²) in [5.74, 6) is 0.762. The summed E-state index contributed by atoms with van der Waals surface area (Å²) in [5, 5.41) is 14.9. The van der Waals surface area contributed by atoms with Crippen molar-refractivity contribution < 1.29 is 0 Å². The molecule has 1 atom stereocenters. The van der Waals surface area contributed by atoms with E-state index in [0.717, 1.165) is 71.9 Å². The first kappa shape index (κ1) is 25.1. The number of fused-ring (bicyclic) bond motifs is 1. The SMILES string of the molecule is Cc1ccc(Cl)cc1N1CCN(C(c2cc3ccc(C)c(C)c3[nH]c2=O)c2nnnn2C2CCCC2)CC1. The minimum absolute atomic E-state index is 0.0784. The number of H-pyrrole nitrogens is 1. The average Bonchev–Trinajstić information content (AvgIpc) is 3.62. The quantitative estimate of drug-likeness (QED) is 0.385. The minimum atomic E-state index is -0.331. The van der Waals surface area contributed by atoms with Crippen molar-refractivity contribution in [2.24, 2.45) is 0 Å². The van der Waals surface area contributed by atoms with Crippen LogP contribution in [0, 0.1) is 20.8 Å². The molecule has 4 aromatic rings. The third-order valence-electron chi connectivity index (χ3n) is 8.50. The molecule has 1 saturated heterocycles. The maximum Gasteiger partial charge on any atom is 0.253 e. The van der Waals surface area contributed by atoms with Crippen molar-refractivity contribution in [3.63, 3.8) is 0 Å². The van der Waals surface area contributed by atoms with Crippen molar-refractivity contribution in [1.82, 2.24) is 30.1 Å². The van der Waals surface area contributed by atoms with Gasteiger partial charge in [0.15, 0.2) is 5.82 Å². The molecule has 0 radical (unpaired) electrons. The summed E-state index contributed by atoms with van der Waals surface area (Å²) in [6.07, 6.45) is 4.50. The Morgan fingerprint density at radius 3 is 2.47 bits per heavy atom. The van der Waals surface area contributed by atoms with Gasteiger partial charge in [-0.3, -0.25) is 9.69 Å². The molecule has 3 heterocycles. The number of anilines is 1. The Kier molecular flexibility index (Phi) is 6.70. The Balaban J connectivity index is 1.40. The van der Waals surface area contributed by atoms with Crippen LogP contribution in [-0.2, 0) is 0 Å². The zero-order valence-electron chi connectivity index (χ0n) is 22.2. The number of aryl methyl sites for hydroxylation is 3. The highest BCUT2D eigenvalue weighted by Gasteiger charge is 2.35. The van der Waals surface area contributed by atoms with E-state index >= 15 is 0 Å². The molecule has 38 heavy (non-hydrogen) atoms. The Morgan fingerprint density at radius 1 is 0.974 bits per heavy atom. The van der Waals surface area contributed by atoms with Crippen LogP contribution in [-0.4, -0.2) is 56.3 Å². The van der Waals surface area contributed by atoms with Crippen LogP contribution in [0.4, 0.5) is 5.69 Å². The number of aromatic nitrogens is 5. The highest BCUT2D eigenvalue weighted by Crippen LogP contribution is 2.35. The first-order chi connectivity index (χ1) is 18.4. The lowest BCUT2D eigenvalue weighted by molar-refractivity contribution is 0.197. The summed E-state index contributed by atoms with van der Waals surface area (Å²) in [7, 11) is 0. The normalized spacial score (nSPS) is 17.9. The Morgan fingerprint density at radius 2 is 1.71 bits per heavy atom. The fourth-order valence-corrected chi connectivity index (χ4v) is 6.34. The van der Waals surface area contributed by atoms with Crippen LogP contribution < -0.4 is 10.5 Å². The van der Waals surface area contributed by atoms with Crippen molar-refractivity contribution in [2.75, 3.05) is 31.1 Å². The molecule has 6 rings (SSSR count). The molecule has 2 fully saturated rings. The van der Waals surface area contributed by atoms with Gasteiger partial charge >= 0.3 is 0 Å². The molecule has 9 heteroatoms. The van der Waals surface area contributed by atoms with Gasteiger partial charge in [0.25, 0.3) is 5.56 Å². The molecule has 1 N–H and O–H groups in total. The second-order valence-corrected chi connectivity index (χ2v) is 11.2. The maximum absolute atomic E-state index is 13.7. The van der Waals surface area contributed by atoms with E-state index < -0.39 is 0 Å². The van der Waals surface area contributed by atoms with Gasteiger partial charge in [-0.05, 0) is 84.3 Å². The van der Waals surface area contributed by atoms with Gasteiger partial charge in [-0.25, -0.2) is 4.68 Å². The maximum atomic E-state index is 13.7. The van der Waals surface area contributed by atoms with Gasteiger partial charge in [0.05, 0.1) is 11.6 Å². The number of rotatable bonds is 5. The van der Waals surface area contributed by atoms with Crippen LogP contribution in [0.2, 0.25) is 5.02 Å². The van der Waals surface area contributed by atoms with E-state index in [9.17, 15) is 4.79 Å². The van der Waals surface area contributed by atoms with E-state index in [1.165, 1.54) is 24.1 Å². The lowest BCUT2D eigenvalue weighted by atomic mass is 9.99. The van der Waals surface area contributed by atoms with Gasteiger partial charge in [-0.1, -0.05) is 42.6 Å².